The maximum Gasteiger partial charge on any atom is 0.137 e. The molecular weight excluding hydrogens is 318 g/mol. The molecule has 0 radical (unpaired) electrons. The second-order valence-electron chi connectivity index (χ2n) is 4.73. The molecule has 0 spiro atoms. The normalized spacial score (nSPS) is 12.2. The number of rotatable bonds is 5. The number of benzene rings is 1. The largest absolute Gasteiger partial charge is 0.492 e. The van der Waals surface area contributed by atoms with Crippen LogP contribution in [-0.2, 0) is 0 Å². The van der Waals surface area contributed by atoms with E-state index in [9.17, 15) is 5.11 Å². The van der Waals surface area contributed by atoms with Gasteiger partial charge in [0.25, 0.3) is 0 Å². The molecule has 1 aromatic heterocycles. The van der Waals surface area contributed by atoms with Gasteiger partial charge in [-0.3, -0.25) is 4.98 Å². The van der Waals surface area contributed by atoms with Crippen LogP contribution in [0.15, 0.2) is 41.1 Å². The molecule has 1 N–H and O–H groups in total. The van der Waals surface area contributed by atoms with E-state index in [0.29, 0.717) is 12.4 Å². The van der Waals surface area contributed by atoms with E-state index < -0.39 is 6.10 Å². The number of aliphatic hydroxyl groups is 1. The molecule has 0 saturated carbocycles. The van der Waals surface area contributed by atoms with Crippen molar-refractivity contribution >= 4 is 15.9 Å². The average Bonchev–Trinajstić information content (AvgIpc) is 2.47. The lowest BCUT2D eigenvalue weighted by molar-refractivity contribution is 0.218. The van der Waals surface area contributed by atoms with Gasteiger partial charge in [-0.2, -0.15) is 0 Å². The molecular formula is C16H18BrNO2. The third-order valence-electron chi connectivity index (χ3n) is 2.97. The van der Waals surface area contributed by atoms with Crippen molar-refractivity contribution in [2.24, 2.45) is 0 Å². The monoisotopic (exact) mass is 335 g/mol. The zero-order valence-electron chi connectivity index (χ0n) is 11.6. The Balaban J connectivity index is 2.28. The van der Waals surface area contributed by atoms with Crippen molar-refractivity contribution < 1.29 is 9.84 Å². The van der Waals surface area contributed by atoms with Crippen molar-refractivity contribution in [1.82, 2.24) is 4.98 Å². The summed E-state index contributed by atoms with van der Waals surface area (Å²) in [5.41, 5.74) is 2.66. The summed E-state index contributed by atoms with van der Waals surface area (Å²) in [6, 6.07) is 7.74. The first-order valence-corrected chi connectivity index (χ1v) is 7.43. The maximum atomic E-state index is 10.5. The van der Waals surface area contributed by atoms with E-state index in [0.717, 1.165) is 27.6 Å². The van der Waals surface area contributed by atoms with Crippen molar-refractivity contribution in [2.45, 2.75) is 26.4 Å². The molecule has 0 aliphatic heterocycles. The molecule has 106 valence electrons. The molecule has 2 aromatic rings. The molecule has 0 aliphatic rings. The Morgan fingerprint density at radius 3 is 2.85 bits per heavy atom. The number of aryl methyl sites for hydroxylation is 1. The van der Waals surface area contributed by atoms with Gasteiger partial charge in [-0.05, 0) is 31.0 Å². The molecule has 0 fully saturated rings. The number of nitrogens with zero attached hydrogens (tertiary/aromatic N) is 1. The number of ether oxygens (including phenoxy) is 1. The highest BCUT2D eigenvalue weighted by atomic mass is 79.9. The first kappa shape index (κ1) is 15.0. The van der Waals surface area contributed by atoms with E-state index in [1.165, 1.54) is 0 Å². The first-order chi connectivity index (χ1) is 9.61. The second-order valence-corrected chi connectivity index (χ2v) is 5.58. The molecule has 1 aromatic carbocycles. The van der Waals surface area contributed by atoms with E-state index >= 15 is 0 Å². The van der Waals surface area contributed by atoms with E-state index in [2.05, 4.69) is 27.8 Å². The Labute approximate surface area is 127 Å². The second kappa shape index (κ2) is 6.86. The fourth-order valence-electron chi connectivity index (χ4n) is 1.94. The van der Waals surface area contributed by atoms with Gasteiger partial charge in [0, 0.05) is 16.2 Å². The molecule has 1 heterocycles. The Morgan fingerprint density at radius 2 is 2.10 bits per heavy atom. The summed E-state index contributed by atoms with van der Waals surface area (Å²) in [4.78, 5) is 4.14. The number of aromatic nitrogens is 1. The molecule has 4 heteroatoms. The number of hydrogen-bond acceptors (Lipinski definition) is 3. The van der Waals surface area contributed by atoms with Gasteiger partial charge in [-0.15, -0.1) is 0 Å². The molecule has 3 nitrogen and oxygen atoms in total. The fraction of sp³-hybridized carbons (Fsp3) is 0.312. The van der Waals surface area contributed by atoms with Gasteiger partial charge in [0.1, 0.15) is 11.9 Å². The Kier molecular flexibility index (Phi) is 5.15. The van der Waals surface area contributed by atoms with E-state index in [-0.39, 0.29) is 0 Å². The van der Waals surface area contributed by atoms with Crippen molar-refractivity contribution in [1.29, 1.82) is 0 Å². The summed E-state index contributed by atoms with van der Waals surface area (Å²) in [6.07, 6.45) is 3.55. The molecule has 0 aliphatic carbocycles. The molecule has 0 saturated heterocycles. The molecule has 2 rings (SSSR count). The van der Waals surface area contributed by atoms with Crippen molar-refractivity contribution in [3.05, 3.63) is 57.8 Å². The van der Waals surface area contributed by atoms with Crippen LogP contribution in [0.25, 0.3) is 0 Å². The predicted molar refractivity (Wildman–Crippen MR) is 83.0 cm³/mol. The van der Waals surface area contributed by atoms with Crippen LogP contribution in [0.2, 0.25) is 0 Å². The zero-order valence-corrected chi connectivity index (χ0v) is 13.2. The standard InChI is InChI=1S/C16H18BrNO2/c1-3-6-20-13-8-12(9-18-10-13)16(19)14-7-11(2)4-5-15(14)17/h4-5,7-10,16,19H,3,6H2,1-2H3. The SMILES string of the molecule is CCCOc1cncc(C(O)c2cc(C)ccc2Br)c1. The molecule has 1 unspecified atom stereocenters. The Hall–Kier alpha value is -1.39. The smallest absolute Gasteiger partial charge is 0.137 e. The lowest BCUT2D eigenvalue weighted by atomic mass is 10.0. The summed E-state index contributed by atoms with van der Waals surface area (Å²) in [7, 11) is 0. The van der Waals surface area contributed by atoms with Gasteiger partial charge >= 0.3 is 0 Å². The number of aliphatic hydroxyl groups excluding tert-OH is 1. The maximum absolute atomic E-state index is 10.5. The predicted octanol–water partition coefficient (Wildman–Crippen LogP) is 4.02. The summed E-state index contributed by atoms with van der Waals surface area (Å²) in [6.45, 7) is 4.70. The van der Waals surface area contributed by atoms with Crippen LogP contribution < -0.4 is 4.74 Å². The minimum absolute atomic E-state index is 0.648. The van der Waals surface area contributed by atoms with Crippen LogP contribution in [0.1, 0.15) is 36.1 Å². The van der Waals surface area contributed by atoms with Crippen LogP contribution in [-0.4, -0.2) is 16.7 Å². The third kappa shape index (κ3) is 3.58. The van der Waals surface area contributed by atoms with Gasteiger partial charge < -0.3 is 9.84 Å². The molecule has 0 amide bonds. The van der Waals surface area contributed by atoms with Crippen LogP contribution in [0, 0.1) is 6.92 Å². The minimum atomic E-state index is -0.720. The van der Waals surface area contributed by atoms with Gasteiger partial charge in [0.2, 0.25) is 0 Å². The highest BCUT2D eigenvalue weighted by molar-refractivity contribution is 9.10. The van der Waals surface area contributed by atoms with E-state index in [1.807, 2.05) is 31.2 Å². The molecule has 1 atom stereocenters. The van der Waals surface area contributed by atoms with Crippen LogP contribution >= 0.6 is 15.9 Å². The zero-order chi connectivity index (χ0) is 14.5. The topological polar surface area (TPSA) is 42.4 Å². The lowest BCUT2D eigenvalue weighted by Crippen LogP contribution is -2.03. The number of hydrogen-bond donors (Lipinski definition) is 1. The van der Waals surface area contributed by atoms with Crippen molar-refractivity contribution in [2.75, 3.05) is 6.61 Å². The summed E-state index contributed by atoms with van der Waals surface area (Å²) >= 11 is 3.48. The van der Waals surface area contributed by atoms with Crippen molar-refractivity contribution in [3.8, 4) is 5.75 Å². The highest BCUT2D eigenvalue weighted by Crippen LogP contribution is 2.30. The van der Waals surface area contributed by atoms with Gasteiger partial charge in [0.05, 0.1) is 12.8 Å². The quantitative estimate of drug-likeness (QED) is 0.897. The molecule has 0 bridgehead atoms. The van der Waals surface area contributed by atoms with Crippen molar-refractivity contribution in [3.63, 3.8) is 0 Å². The van der Waals surface area contributed by atoms with Gasteiger partial charge in [-0.25, -0.2) is 0 Å². The van der Waals surface area contributed by atoms with Crippen LogP contribution in [0.3, 0.4) is 0 Å². The minimum Gasteiger partial charge on any atom is -0.492 e. The van der Waals surface area contributed by atoms with Crippen LogP contribution in [0.5, 0.6) is 5.75 Å². The Bertz CT molecular complexity index is 586. The van der Waals surface area contributed by atoms with E-state index in [1.54, 1.807) is 12.4 Å². The van der Waals surface area contributed by atoms with Crippen LogP contribution in [0.4, 0.5) is 0 Å². The fourth-order valence-corrected chi connectivity index (χ4v) is 2.40. The third-order valence-corrected chi connectivity index (χ3v) is 3.69. The number of pyridine rings is 1. The molecule has 20 heavy (non-hydrogen) atoms. The highest BCUT2D eigenvalue weighted by Gasteiger charge is 2.15. The van der Waals surface area contributed by atoms with E-state index in [4.69, 9.17) is 4.74 Å². The lowest BCUT2D eigenvalue weighted by Gasteiger charge is -2.15. The summed E-state index contributed by atoms with van der Waals surface area (Å²) < 4.78 is 6.44. The van der Waals surface area contributed by atoms with Gasteiger partial charge in [-0.1, -0.05) is 40.5 Å². The van der Waals surface area contributed by atoms with Gasteiger partial charge in [0.15, 0.2) is 0 Å². The summed E-state index contributed by atoms with van der Waals surface area (Å²) in [5, 5.41) is 10.5. The average molecular weight is 336 g/mol. The Morgan fingerprint density at radius 1 is 1.30 bits per heavy atom. The summed E-state index contributed by atoms with van der Waals surface area (Å²) in [5.74, 6) is 0.687. The first-order valence-electron chi connectivity index (χ1n) is 6.63. The number of halogens is 1.